The first-order valence-electron chi connectivity index (χ1n) is 3.58. The van der Waals surface area contributed by atoms with Crippen LogP contribution in [0.15, 0.2) is 12.1 Å². The third kappa shape index (κ3) is 1.79. The predicted octanol–water partition coefficient (Wildman–Crippen LogP) is 0.487. The van der Waals surface area contributed by atoms with E-state index in [4.69, 9.17) is 10.2 Å². The number of ether oxygens (including phenoxy) is 1. The van der Waals surface area contributed by atoms with E-state index in [-0.39, 0.29) is 11.4 Å². The number of aromatic carboxylic acids is 2. The smallest absolute Gasteiger partial charge is 0.355 e. The van der Waals surface area contributed by atoms with Gasteiger partial charge in [-0.3, -0.25) is 0 Å². The Morgan fingerprint density at radius 2 is 1.93 bits per heavy atom. The summed E-state index contributed by atoms with van der Waals surface area (Å²) in [5.41, 5.74) is -0.893. The summed E-state index contributed by atoms with van der Waals surface area (Å²) in [6.07, 6.45) is 0. The van der Waals surface area contributed by atoms with E-state index >= 15 is 0 Å². The predicted molar refractivity (Wildman–Crippen MR) is 44.7 cm³/mol. The van der Waals surface area contributed by atoms with Crippen molar-refractivity contribution in [2.45, 2.75) is 0 Å². The van der Waals surface area contributed by atoms with Crippen molar-refractivity contribution in [3.8, 4) is 5.88 Å². The van der Waals surface area contributed by atoms with E-state index in [1.165, 1.54) is 13.2 Å². The maximum Gasteiger partial charge on any atom is 0.355 e. The lowest BCUT2D eigenvalue weighted by molar-refractivity contribution is 0.0645. The summed E-state index contributed by atoms with van der Waals surface area (Å²) >= 11 is 0. The zero-order valence-electron chi connectivity index (χ0n) is 7.22. The van der Waals surface area contributed by atoms with Gasteiger partial charge in [0.1, 0.15) is 0 Å². The molecule has 0 saturated heterocycles. The molecule has 0 aliphatic carbocycles. The van der Waals surface area contributed by atoms with Crippen LogP contribution in [0.5, 0.6) is 5.88 Å². The molecule has 0 aliphatic rings. The van der Waals surface area contributed by atoms with Gasteiger partial charge in [-0.05, 0) is 6.07 Å². The zero-order valence-corrected chi connectivity index (χ0v) is 7.22. The number of rotatable bonds is 3. The number of carbonyl (C=O) groups is 2. The van der Waals surface area contributed by atoms with Crippen LogP contribution in [0, 0.1) is 0 Å². The molecule has 2 N–H and O–H groups in total. The molecule has 6 heteroatoms. The third-order valence-electron chi connectivity index (χ3n) is 1.51. The molecule has 0 fully saturated rings. The van der Waals surface area contributed by atoms with Gasteiger partial charge in [-0.25, -0.2) is 14.6 Å². The second-order valence-corrected chi connectivity index (χ2v) is 2.36. The Morgan fingerprint density at radius 1 is 1.29 bits per heavy atom. The molecule has 0 aliphatic heterocycles. The number of aromatic nitrogens is 1. The van der Waals surface area contributed by atoms with Gasteiger partial charge in [0.15, 0.2) is 5.69 Å². The van der Waals surface area contributed by atoms with Gasteiger partial charge in [0.25, 0.3) is 0 Å². The van der Waals surface area contributed by atoms with Crippen LogP contribution in [0.25, 0.3) is 0 Å². The van der Waals surface area contributed by atoms with E-state index in [1.807, 2.05) is 0 Å². The van der Waals surface area contributed by atoms with Crippen molar-refractivity contribution in [2.75, 3.05) is 7.11 Å². The highest BCUT2D eigenvalue weighted by Gasteiger charge is 2.18. The van der Waals surface area contributed by atoms with Crippen LogP contribution in [-0.2, 0) is 0 Å². The minimum atomic E-state index is -1.40. The monoisotopic (exact) mass is 197 g/mol. The highest BCUT2D eigenvalue weighted by Crippen LogP contribution is 2.12. The molecule has 1 aromatic heterocycles. The molecule has 1 heterocycles. The van der Waals surface area contributed by atoms with Gasteiger partial charge in [-0.2, -0.15) is 0 Å². The molecule has 0 radical (unpaired) electrons. The normalized spacial score (nSPS) is 9.50. The van der Waals surface area contributed by atoms with Gasteiger partial charge in [0.05, 0.1) is 12.7 Å². The fourth-order valence-electron chi connectivity index (χ4n) is 0.891. The van der Waals surface area contributed by atoms with E-state index in [0.717, 1.165) is 6.07 Å². The molecule has 0 unspecified atom stereocenters. The van der Waals surface area contributed by atoms with E-state index in [2.05, 4.69) is 9.72 Å². The molecule has 0 atom stereocenters. The van der Waals surface area contributed by atoms with Crippen LogP contribution >= 0.6 is 0 Å². The first-order chi connectivity index (χ1) is 6.56. The summed E-state index contributed by atoms with van der Waals surface area (Å²) in [7, 11) is 1.31. The Balaban J connectivity index is 3.31. The molecular formula is C8H7NO5. The molecule has 0 saturated carbocycles. The quantitative estimate of drug-likeness (QED) is 0.731. The summed E-state index contributed by atoms with van der Waals surface area (Å²) in [5, 5.41) is 17.3. The van der Waals surface area contributed by atoms with Gasteiger partial charge in [-0.15, -0.1) is 0 Å². The number of carboxylic acid groups (broad SMARTS) is 2. The fraction of sp³-hybridized carbons (Fsp3) is 0.125. The summed E-state index contributed by atoms with van der Waals surface area (Å²) in [4.78, 5) is 24.7. The molecule has 6 nitrogen and oxygen atoms in total. The van der Waals surface area contributed by atoms with E-state index in [9.17, 15) is 9.59 Å². The minimum absolute atomic E-state index is 0.0624. The highest BCUT2D eigenvalue weighted by atomic mass is 16.5. The molecular weight excluding hydrogens is 190 g/mol. The first-order valence-corrected chi connectivity index (χ1v) is 3.58. The number of hydrogen-bond acceptors (Lipinski definition) is 4. The summed E-state index contributed by atoms with van der Waals surface area (Å²) < 4.78 is 4.67. The first kappa shape index (κ1) is 9.97. The van der Waals surface area contributed by atoms with Gasteiger partial charge in [0, 0.05) is 6.07 Å². The number of methoxy groups -OCH3 is 1. The second-order valence-electron chi connectivity index (χ2n) is 2.36. The van der Waals surface area contributed by atoms with Crippen LogP contribution < -0.4 is 4.74 Å². The Morgan fingerprint density at radius 3 is 2.36 bits per heavy atom. The van der Waals surface area contributed by atoms with Crippen LogP contribution in [0.2, 0.25) is 0 Å². The van der Waals surface area contributed by atoms with Crippen molar-refractivity contribution in [1.29, 1.82) is 0 Å². The topological polar surface area (TPSA) is 96.7 Å². The summed E-state index contributed by atoms with van der Waals surface area (Å²) in [6.45, 7) is 0. The lowest BCUT2D eigenvalue weighted by Crippen LogP contribution is -2.10. The Bertz CT molecular complexity index is 387. The van der Waals surface area contributed by atoms with Crippen LogP contribution in [0.3, 0.4) is 0 Å². The average molecular weight is 197 g/mol. The largest absolute Gasteiger partial charge is 0.481 e. The van der Waals surface area contributed by atoms with Gasteiger partial charge in [-0.1, -0.05) is 0 Å². The number of pyridine rings is 1. The van der Waals surface area contributed by atoms with Crippen LogP contribution in [0.4, 0.5) is 0 Å². The molecule has 0 bridgehead atoms. The summed E-state index contributed by atoms with van der Waals surface area (Å²) in [5.74, 6) is -2.67. The molecule has 1 aromatic rings. The van der Waals surface area contributed by atoms with Gasteiger partial charge >= 0.3 is 11.9 Å². The minimum Gasteiger partial charge on any atom is -0.481 e. The lowest BCUT2D eigenvalue weighted by atomic mass is 10.2. The van der Waals surface area contributed by atoms with Crippen LogP contribution in [-0.4, -0.2) is 34.2 Å². The van der Waals surface area contributed by atoms with Gasteiger partial charge in [0.2, 0.25) is 5.88 Å². The SMILES string of the molecule is COc1ccc(C(=O)O)c(C(=O)O)n1. The fourth-order valence-corrected chi connectivity index (χ4v) is 0.891. The number of carboxylic acids is 2. The molecule has 74 valence electrons. The molecule has 0 spiro atoms. The number of hydrogen-bond donors (Lipinski definition) is 2. The van der Waals surface area contributed by atoms with Crippen LogP contribution in [0.1, 0.15) is 20.8 Å². The van der Waals surface area contributed by atoms with Crippen molar-refractivity contribution in [3.63, 3.8) is 0 Å². The van der Waals surface area contributed by atoms with Gasteiger partial charge < -0.3 is 14.9 Å². The Kier molecular flexibility index (Phi) is 2.66. The molecule has 14 heavy (non-hydrogen) atoms. The second kappa shape index (κ2) is 3.73. The van der Waals surface area contributed by atoms with E-state index in [0.29, 0.717) is 0 Å². The zero-order chi connectivity index (χ0) is 10.7. The van der Waals surface area contributed by atoms with Crippen molar-refractivity contribution in [3.05, 3.63) is 23.4 Å². The average Bonchev–Trinajstić information content (AvgIpc) is 2.16. The van der Waals surface area contributed by atoms with E-state index < -0.39 is 17.6 Å². The standard InChI is InChI=1S/C8H7NO5/c1-14-5-3-2-4(7(10)11)6(9-5)8(12)13/h2-3H,1H3,(H,10,11)(H,12,13). The molecule has 1 rings (SSSR count). The van der Waals surface area contributed by atoms with Crippen molar-refractivity contribution in [2.24, 2.45) is 0 Å². The van der Waals surface area contributed by atoms with Crippen molar-refractivity contribution in [1.82, 2.24) is 4.98 Å². The highest BCUT2D eigenvalue weighted by molar-refractivity contribution is 6.00. The lowest BCUT2D eigenvalue weighted by Gasteiger charge is -2.02. The maximum atomic E-state index is 10.6. The van der Waals surface area contributed by atoms with Crippen molar-refractivity contribution >= 4 is 11.9 Å². The Labute approximate surface area is 78.8 Å². The number of nitrogens with zero attached hydrogens (tertiary/aromatic N) is 1. The van der Waals surface area contributed by atoms with E-state index in [1.54, 1.807) is 0 Å². The van der Waals surface area contributed by atoms with Crippen molar-refractivity contribution < 1.29 is 24.5 Å². The molecule has 0 aromatic carbocycles. The third-order valence-corrected chi connectivity index (χ3v) is 1.51. The molecule has 0 amide bonds. The summed E-state index contributed by atoms with van der Waals surface area (Å²) in [6, 6.07) is 2.42. The maximum absolute atomic E-state index is 10.6. The Hall–Kier alpha value is -2.11.